The third-order valence-electron chi connectivity index (χ3n) is 5.86. The summed E-state index contributed by atoms with van der Waals surface area (Å²) in [7, 11) is 0. The van der Waals surface area contributed by atoms with Gasteiger partial charge in [-0.3, -0.25) is 0 Å². The first-order valence-electron chi connectivity index (χ1n) is 8.44. The van der Waals surface area contributed by atoms with E-state index >= 15 is 0 Å². The van der Waals surface area contributed by atoms with Crippen molar-refractivity contribution < 1.29 is 14.7 Å². The summed E-state index contributed by atoms with van der Waals surface area (Å²) < 4.78 is 12.6. The third kappa shape index (κ3) is 2.88. The summed E-state index contributed by atoms with van der Waals surface area (Å²) >= 11 is 0. The van der Waals surface area contributed by atoms with Crippen LogP contribution in [-0.2, 0) is 9.47 Å². The zero-order valence-electron chi connectivity index (χ0n) is 14.7. The van der Waals surface area contributed by atoms with E-state index < -0.39 is 5.79 Å². The maximum atomic E-state index is 10.7. The quantitative estimate of drug-likeness (QED) is 0.856. The maximum Gasteiger partial charge on any atom is 0.172 e. The van der Waals surface area contributed by atoms with Crippen molar-refractivity contribution in [3.8, 4) is 0 Å². The van der Waals surface area contributed by atoms with E-state index in [0.29, 0.717) is 6.42 Å². The van der Waals surface area contributed by atoms with Gasteiger partial charge in [0.2, 0.25) is 0 Å². The lowest BCUT2D eigenvalue weighted by Crippen LogP contribution is -2.68. The first-order chi connectivity index (χ1) is 9.67. The second-order valence-corrected chi connectivity index (χ2v) is 8.06. The highest BCUT2D eigenvalue weighted by molar-refractivity contribution is 5.05. The van der Waals surface area contributed by atoms with Crippen molar-refractivity contribution in [2.24, 2.45) is 5.41 Å². The van der Waals surface area contributed by atoms with Crippen LogP contribution >= 0.6 is 0 Å². The summed E-state index contributed by atoms with van der Waals surface area (Å²) in [6.45, 7) is 14.3. The second kappa shape index (κ2) is 5.48. The number of nitrogens with zero attached hydrogens (tertiary/aromatic N) is 1. The van der Waals surface area contributed by atoms with Crippen molar-refractivity contribution in [3.63, 3.8) is 0 Å². The minimum Gasteiger partial charge on any atom is -0.349 e. The Hall–Kier alpha value is -0.160. The molecule has 0 amide bonds. The SMILES string of the molecule is CCC1(C)COC2(CC(C)(C)N(O)C(CC)(CC)C2)OC1. The first-order valence-corrected chi connectivity index (χ1v) is 8.44. The highest BCUT2D eigenvalue weighted by Gasteiger charge is 2.58. The Morgan fingerprint density at radius 3 is 1.86 bits per heavy atom. The van der Waals surface area contributed by atoms with Gasteiger partial charge in [-0.15, -0.1) is 0 Å². The van der Waals surface area contributed by atoms with Crippen LogP contribution in [0.25, 0.3) is 0 Å². The number of hydrogen-bond donors (Lipinski definition) is 1. The Labute approximate surface area is 129 Å². The zero-order chi connectivity index (χ0) is 15.9. The Kier molecular flexibility index (Phi) is 4.49. The molecule has 1 N–H and O–H groups in total. The molecular formula is C17H33NO3. The minimum atomic E-state index is -0.538. The summed E-state index contributed by atoms with van der Waals surface area (Å²) in [5.74, 6) is -0.538. The number of rotatable bonds is 3. The van der Waals surface area contributed by atoms with Crippen LogP contribution in [0.15, 0.2) is 0 Å². The lowest BCUT2D eigenvalue weighted by atomic mass is 9.72. The van der Waals surface area contributed by atoms with Gasteiger partial charge >= 0.3 is 0 Å². The average molecular weight is 299 g/mol. The summed E-state index contributed by atoms with van der Waals surface area (Å²) in [4.78, 5) is 0. The molecule has 2 aliphatic rings. The van der Waals surface area contributed by atoms with E-state index in [-0.39, 0.29) is 16.5 Å². The van der Waals surface area contributed by atoms with Gasteiger partial charge in [0, 0.05) is 23.8 Å². The van der Waals surface area contributed by atoms with E-state index in [0.717, 1.165) is 38.9 Å². The molecule has 0 atom stereocenters. The molecule has 2 heterocycles. The fourth-order valence-corrected chi connectivity index (χ4v) is 3.92. The van der Waals surface area contributed by atoms with Gasteiger partial charge in [-0.25, -0.2) is 0 Å². The lowest BCUT2D eigenvalue weighted by molar-refractivity contribution is -0.377. The molecule has 0 radical (unpaired) electrons. The third-order valence-corrected chi connectivity index (χ3v) is 5.86. The maximum absolute atomic E-state index is 10.7. The summed E-state index contributed by atoms with van der Waals surface area (Å²) in [5, 5.41) is 12.3. The van der Waals surface area contributed by atoms with Crippen LogP contribution in [0.2, 0.25) is 0 Å². The molecule has 0 saturated carbocycles. The molecule has 0 aromatic heterocycles. The molecule has 0 bridgehead atoms. The van der Waals surface area contributed by atoms with Crippen LogP contribution in [0.1, 0.15) is 73.6 Å². The molecular weight excluding hydrogens is 266 g/mol. The predicted molar refractivity (Wildman–Crippen MR) is 83.3 cm³/mol. The standard InChI is InChI=1S/C17H33NO3/c1-7-15(6)12-20-17(21-13-15)10-14(4,5)18(19)16(8-2,9-3)11-17/h19H,7-13H2,1-6H3. The van der Waals surface area contributed by atoms with Crippen molar-refractivity contribution in [1.82, 2.24) is 5.06 Å². The highest BCUT2D eigenvalue weighted by Crippen LogP contribution is 2.50. The summed E-state index contributed by atoms with van der Waals surface area (Å²) in [5.41, 5.74) is -0.487. The Morgan fingerprint density at radius 1 is 0.905 bits per heavy atom. The van der Waals surface area contributed by atoms with Gasteiger partial charge in [0.15, 0.2) is 5.79 Å². The molecule has 0 aromatic rings. The molecule has 2 aliphatic heterocycles. The zero-order valence-corrected chi connectivity index (χ0v) is 14.7. The molecule has 0 aromatic carbocycles. The predicted octanol–water partition coefficient (Wildman–Crippen LogP) is 3.97. The molecule has 2 fully saturated rings. The highest BCUT2D eigenvalue weighted by atomic mass is 16.7. The Balaban J connectivity index is 2.26. The monoisotopic (exact) mass is 299 g/mol. The lowest BCUT2D eigenvalue weighted by Gasteiger charge is -2.59. The fourth-order valence-electron chi connectivity index (χ4n) is 3.92. The van der Waals surface area contributed by atoms with Gasteiger partial charge in [0.25, 0.3) is 0 Å². The number of hydrogen-bond acceptors (Lipinski definition) is 4. The first kappa shape index (κ1) is 17.2. The van der Waals surface area contributed by atoms with Crippen molar-refractivity contribution in [3.05, 3.63) is 0 Å². The van der Waals surface area contributed by atoms with Crippen molar-refractivity contribution in [1.29, 1.82) is 0 Å². The van der Waals surface area contributed by atoms with Crippen molar-refractivity contribution >= 4 is 0 Å². The Bertz CT molecular complexity index is 368. The largest absolute Gasteiger partial charge is 0.349 e. The number of piperidine rings is 1. The van der Waals surface area contributed by atoms with E-state index in [1.54, 1.807) is 5.06 Å². The average Bonchev–Trinajstić information content (AvgIpc) is 2.46. The molecule has 0 unspecified atom stereocenters. The van der Waals surface area contributed by atoms with Crippen LogP contribution in [0, 0.1) is 5.41 Å². The van der Waals surface area contributed by atoms with E-state index in [9.17, 15) is 5.21 Å². The van der Waals surface area contributed by atoms with E-state index in [4.69, 9.17) is 9.47 Å². The molecule has 2 saturated heterocycles. The van der Waals surface area contributed by atoms with Crippen LogP contribution in [0.5, 0.6) is 0 Å². The van der Waals surface area contributed by atoms with Crippen LogP contribution < -0.4 is 0 Å². The summed E-state index contributed by atoms with van der Waals surface area (Å²) in [6.07, 6.45) is 4.29. The molecule has 1 spiro atoms. The molecule has 4 nitrogen and oxygen atoms in total. The molecule has 124 valence electrons. The molecule has 4 heteroatoms. The molecule has 21 heavy (non-hydrogen) atoms. The normalized spacial score (nSPS) is 39.6. The van der Waals surface area contributed by atoms with Gasteiger partial charge in [-0.2, -0.15) is 5.06 Å². The van der Waals surface area contributed by atoms with Gasteiger partial charge in [-0.1, -0.05) is 27.7 Å². The molecule has 0 aliphatic carbocycles. The fraction of sp³-hybridized carbons (Fsp3) is 1.00. The van der Waals surface area contributed by atoms with Crippen LogP contribution in [0.3, 0.4) is 0 Å². The van der Waals surface area contributed by atoms with Gasteiger partial charge < -0.3 is 14.7 Å². The number of ether oxygens (including phenoxy) is 2. The van der Waals surface area contributed by atoms with E-state index in [1.165, 1.54) is 0 Å². The van der Waals surface area contributed by atoms with Crippen molar-refractivity contribution in [2.75, 3.05) is 13.2 Å². The van der Waals surface area contributed by atoms with E-state index in [2.05, 4.69) is 41.5 Å². The minimum absolute atomic E-state index is 0.118. The van der Waals surface area contributed by atoms with E-state index in [1.807, 2.05) is 0 Å². The van der Waals surface area contributed by atoms with Crippen molar-refractivity contribution in [2.45, 2.75) is 90.5 Å². The van der Waals surface area contributed by atoms with Crippen LogP contribution in [-0.4, -0.2) is 40.3 Å². The smallest absolute Gasteiger partial charge is 0.172 e. The summed E-state index contributed by atoms with van der Waals surface area (Å²) in [6, 6.07) is 0. The van der Waals surface area contributed by atoms with Crippen LogP contribution in [0.4, 0.5) is 0 Å². The van der Waals surface area contributed by atoms with Gasteiger partial charge in [-0.05, 0) is 33.1 Å². The Morgan fingerprint density at radius 2 is 1.43 bits per heavy atom. The molecule has 2 rings (SSSR count). The van der Waals surface area contributed by atoms with Gasteiger partial charge in [0.05, 0.1) is 18.8 Å². The second-order valence-electron chi connectivity index (χ2n) is 8.06. The number of hydroxylamine groups is 2. The van der Waals surface area contributed by atoms with Gasteiger partial charge in [0.1, 0.15) is 0 Å². The topological polar surface area (TPSA) is 41.9 Å².